The smallest absolute Gasteiger partial charge is 0.0548 e. The lowest BCUT2D eigenvalue weighted by Gasteiger charge is -2.26. The van der Waals surface area contributed by atoms with Gasteiger partial charge in [-0.05, 0) is 109 Å². The van der Waals surface area contributed by atoms with Crippen LogP contribution in [-0.4, -0.2) is 13.7 Å². The Kier molecular flexibility index (Phi) is 7.20. The van der Waals surface area contributed by atoms with Crippen molar-refractivity contribution < 1.29 is 0 Å². The standard InChI is InChI=1S/C54H36N4/c1-4-16-37(17-5-1)55(42-32-33-52-46(34-42)43-22-10-13-25-49(43)56(52)38-18-6-2-7-19-38)40-28-30-41(31-29-40)58-51-27-15-12-24-45(51)48-35-53-47(36-54(48)58)44-23-11-14-26-50(44)57(53)39-20-8-3-9-21-39/h1-36H. The van der Waals surface area contributed by atoms with E-state index in [1.54, 1.807) is 0 Å². The van der Waals surface area contributed by atoms with Crippen LogP contribution in [0.2, 0.25) is 0 Å². The minimum Gasteiger partial charge on any atom is -0.310 e. The quantitative estimate of drug-likeness (QED) is 0.166. The van der Waals surface area contributed by atoms with Crippen LogP contribution in [0.25, 0.3) is 82.5 Å². The number of fused-ring (bicyclic) bond motifs is 9. The first-order valence-electron chi connectivity index (χ1n) is 19.9. The van der Waals surface area contributed by atoms with Crippen LogP contribution in [0.1, 0.15) is 0 Å². The second-order valence-corrected chi connectivity index (χ2v) is 15.0. The highest BCUT2D eigenvalue weighted by atomic mass is 15.1. The van der Waals surface area contributed by atoms with Crippen LogP contribution >= 0.6 is 0 Å². The molecule has 0 amide bonds. The zero-order valence-corrected chi connectivity index (χ0v) is 31.6. The van der Waals surface area contributed by atoms with E-state index in [0.717, 1.165) is 34.1 Å². The summed E-state index contributed by atoms with van der Waals surface area (Å²) in [4.78, 5) is 2.37. The van der Waals surface area contributed by atoms with Crippen LogP contribution in [-0.2, 0) is 0 Å². The van der Waals surface area contributed by atoms with Crippen molar-refractivity contribution in [3.8, 4) is 17.1 Å². The lowest BCUT2D eigenvalue weighted by molar-refractivity contribution is 1.17. The molecule has 0 saturated carbocycles. The first-order valence-corrected chi connectivity index (χ1v) is 19.9. The Bertz CT molecular complexity index is 3480. The number of nitrogens with zero attached hydrogens (tertiary/aromatic N) is 4. The van der Waals surface area contributed by atoms with Crippen LogP contribution in [0.4, 0.5) is 17.1 Å². The number of anilines is 3. The molecule has 0 bridgehead atoms. The summed E-state index contributed by atoms with van der Waals surface area (Å²) in [5, 5.41) is 7.42. The first kappa shape index (κ1) is 32.4. The summed E-state index contributed by atoms with van der Waals surface area (Å²) in [5.74, 6) is 0. The summed E-state index contributed by atoms with van der Waals surface area (Å²) < 4.78 is 7.20. The van der Waals surface area contributed by atoms with E-state index in [9.17, 15) is 0 Å². The van der Waals surface area contributed by atoms with E-state index in [2.05, 4.69) is 237 Å². The Balaban J connectivity index is 1.03. The van der Waals surface area contributed by atoms with Crippen LogP contribution in [0, 0.1) is 0 Å². The van der Waals surface area contributed by atoms with Gasteiger partial charge in [0.1, 0.15) is 0 Å². The second kappa shape index (κ2) is 12.9. The summed E-state index contributed by atoms with van der Waals surface area (Å²) in [6.07, 6.45) is 0. The Labute approximate surface area is 335 Å². The molecule has 4 heteroatoms. The molecule has 3 heterocycles. The maximum absolute atomic E-state index is 2.43. The molecule has 0 radical (unpaired) electrons. The highest BCUT2D eigenvalue weighted by Gasteiger charge is 2.20. The molecule has 0 aliphatic carbocycles. The van der Waals surface area contributed by atoms with Crippen molar-refractivity contribution in [2.45, 2.75) is 0 Å². The molecule has 0 atom stereocenters. The van der Waals surface area contributed by atoms with E-state index in [1.165, 1.54) is 65.4 Å². The number of para-hydroxylation sites is 6. The Morgan fingerprint density at radius 3 is 1.07 bits per heavy atom. The van der Waals surface area contributed by atoms with Crippen LogP contribution in [0.15, 0.2) is 218 Å². The molecule has 0 aliphatic rings. The average molecular weight is 741 g/mol. The first-order chi connectivity index (χ1) is 28.8. The Hall–Kier alpha value is -7.82. The highest BCUT2D eigenvalue weighted by molar-refractivity contribution is 6.19. The fourth-order valence-corrected chi connectivity index (χ4v) is 9.29. The monoisotopic (exact) mass is 740 g/mol. The molecule has 272 valence electrons. The summed E-state index contributed by atoms with van der Waals surface area (Å²) in [6, 6.07) is 79.1. The largest absolute Gasteiger partial charge is 0.310 e. The van der Waals surface area contributed by atoms with Gasteiger partial charge in [0.25, 0.3) is 0 Å². The van der Waals surface area contributed by atoms with E-state index in [-0.39, 0.29) is 0 Å². The van der Waals surface area contributed by atoms with Crippen LogP contribution in [0.5, 0.6) is 0 Å². The van der Waals surface area contributed by atoms with E-state index in [4.69, 9.17) is 0 Å². The van der Waals surface area contributed by atoms with Gasteiger partial charge in [0.15, 0.2) is 0 Å². The second-order valence-electron chi connectivity index (χ2n) is 15.0. The summed E-state index contributed by atoms with van der Waals surface area (Å²) in [6.45, 7) is 0. The van der Waals surface area contributed by atoms with Gasteiger partial charge >= 0.3 is 0 Å². The van der Waals surface area contributed by atoms with E-state index in [0.29, 0.717) is 0 Å². The molecule has 9 aromatic carbocycles. The molecule has 0 N–H and O–H groups in total. The maximum atomic E-state index is 2.43. The van der Waals surface area contributed by atoms with Crippen molar-refractivity contribution in [3.05, 3.63) is 218 Å². The molecule has 4 nitrogen and oxygen atoms in total. The predicted octanol–water partition coefficient (Wildman–Crippen LogP) is 14.4. The molecule has 0 aliphatic heterocycles. The van der Waals surface area contributed by atoms with Crippen molar-refractivity contribution in [2.75, 3.05) is 4.90 Å². The summed E-state index contributed by atoms with van der Waals surface area (Å²) in [7, 11) is 0. The fraction of sp³-hybridized carbons (Fsp3) is 0. The van der Waals surface area contributed by atoms with Gasteiger partial charge in [-0.1, -0.05) is 109 Å². The van der Waals surface area contributed by atoms with Gasteiger partial charge in [-0.25, -0.2) is 0 Å². The molecule has 0 unspecified atom stereocenters. The van der Waals surface area contributed by atoms with E-state index < -0.39 is 0 Å². The topological polar surface area (TPSA) is 18.0 Å². The SMILES string of the molecule is c1ccc(N(c2ccc(-n3c4ccccc4c4cc5c(cc43)c3ccccc3n5-c3ccccc3)cc2)c2ccc3c(c2)c2ccccc2n3-c2ccccc2)cc1. The molecule has 0 spiro atoms. The van der Waals surface area contributed by atoms with Crippen molar-refractivity contribution in [1.82, 2.24) is 13.7 Å². The van der Waals surface area contributed by atoms with Crippen LogP contribution in [0.3, 0.4) is 0 Å². The van der Waals surface area contributed by atoms with Crippen molar-refractivity contribution in [1.29, 1.82) is 0 Å². The van der Waals surface area contributed by atoms with Gasteiger partial charge in [0, 0.05) is 66.4 Å². The normalized spacial score (nSPS) is 11.8. The predicted molar refractivity (Wildman–Crippen MR) is 244 cm³/mol. The van der Waals surface area contributed by atoms with Gasteiger partial charge < -0.3 is 18.6 Å². The number of hydrogen-bond acceptors (Lipinski definition) is 1. The summed E-state index contributed by atoms with van der Waals surface area (Å²) >= 11 is 0. The molecule has 0 saturated heterocycles. The third-order valence-electron chi connectivity index (χ3n) is 11.8. The van der Waals surface area contributed by atoms with Gasteiger partial charge in [0.2, 0.25) is 0 Å². The molecule has 12 aromatic rings. The molecule has 0 fully saturated rings. The van der Waals surface area contributed by atoms with E-state index in [1.807, 2.05) is 0 Å². The van der Waals surface area contributed by atoms with Crippen LogP contribution < -0.4 is 4.90 Å². The number of aromatic nitrogens is 3. The Morgan fingerprint density at radius 1 is 0.224 bits per heavy atom. The molecule has 58 heavy (non-hydrogen) atoms. The van der Waals surface area contributed by atoms with Gasteiger partial charge in [-0.2, -0.15) is 0 Å². The Morgan fingerprint density at radius 2 is 0.569 bits per heavy atom. The maximum Gasteiger partial charge on any atom is 0.0548 e. The highest BCUT2D eigenvalue weighted by Crippen LogP contribution is 2.42. The van der Waals surface area contributed by atoms with Crippen molar-refractivity contribution >= 4 is 82.5 Å². The zero-order chi connectivity index (χ0) is 38.2. The third kappa shape index (κ3) is 4.88. The molecule has 3 aromatic heterocycles. The molecule has 12 rings (SSSR count). The third-order valence-corrected chi connectivity index (χ3v) is 11.8. The van der Waals surface area contributed by atoms with E-state index >= 15 is 0 Å². The minimum atomic E-state index is 1.09. The fourth-order valence-electron chi connectivity index (χ4n) is 9.29. The molecular formula is C54H36N4. The zero-order valence-electron chi connectivity index (χ0n) is 31.6. The van der Waals surface area contributed by atoms with Crippen molar-refractivity contribution in [3.63, 3.8) is 0 Å². The van der Waals surface area contributed by atoms with Gasteiger partial charge in [0.05, 0.1) is 33.1 Å². The number of hydrogen-bond donors (Lipinski definition) is 0. The average Bonchev–Trinajstić information content (AvgIpc) is 3.92. The number of rotatable bonds is 6. The molecular weight excluding hydrogens is 705 g/mol. The minimum absolute atomic E-state index is 1.09. The lowest BCUT2D eigenvalue weighted by atomic mass is 10.1. The lowest BCUT2D eigenvalue weighted by Crippen LogP contribution is -2.10. The summed E-state index contributed by atoms with van der Waals surface area (Å²) in [5.41, 5.74) is 13.9. The van der Waals surface area contributed by atoms with Gasteiger partial charge in [-0.15, -0.1) is 0 Å². The van der Waals surface area contributed by atoms with Crippen molar-refractivity contribution in [2.24, 2.45) is 0 Å². The number of benzene rings is 9. The van der Waals surface area contributed by atoms with Gasteiger partial charge in [-0.3, -0.25) is 0 Å².